The summed E-state index contributed by atoms with van der Waals surface area (Å²) in [4.78, 5) is 16.1. The van der Waals surface area contributed by atoms with E-state index in [2.05, 4.69) is 4.98 Å². The highest BCUT2D eigenvalue weighted by Gasteiger charge is 2.07. The van der Waals surface area contributed by atoms with Crippen LogP contribution in [0.5, 0.6) is 5.75 Å². The van der Waals surface area contributed by atoms with E-state index in [4.69, 9.17) is 4.74 Å². The van der Waals surface area contributed by atoms with E-state index in [1.807, 2.05) is 39.1 Å². The van der Waals surface area contributed by atoms with Gasteiger partial charge in [0.15, 0.2) is 0 Å². The summed E-state index contributed by atoms with van der Waals surface area (Å²) in [7, 11) is 0. The van der Waals surface area contributed by atoms with E-state index >= 15 is 0 Å². The maximum absolute atomic E-state index is 10.8. The number of rotatable bonds is 4. The third-order valence-electron chi connectivity index (χ3n) is 2.65. The minimum atomic E-state index is 0.521. The summed E-state index contributed by atoms with van der Waals surface area (Å²) in [6.45, 7) is 6.40. The van der Waals surface area contributed by atoms with E-state index < -0.39 is 0 Å². The lowest BCUT2D eigenvalue weighted by molar-refractivity contribution is 0.112. The van der Waals surface area contributed by atoms with Crippen molar-refractivity contribution < 1.29 is 9.53 Å². The predicted molar refractivity (Wildman–Crippen MR) is 72.5 cm³/mol. The normalized spacial score (nSPS) is 10.4. The third-order valence-corrected chi connectivity index (χ3v) is 3.53. The molecule has 0 amide bonds. The molecule has 0 unspecified atom stereocenters. The Bertz CT molecular complexity index is 552. The number of aromatic nitrogens is 1. The van der Waals surface area contributed by atoms with Gasteiger partial charge in [0, 0.05) is 11.8 Å². The molecule has 0 aliphatic heterocycles. The first-order valence-corrected chi connectivity index (χ1v) is 6.52. The van der Waals surface area contributed by atoms with Crippen LogP contribution in [0.15, 0.2) is 18.3 Å². The van der Waals surface area contributed by atoms with Gasteiger partial charge >= 0.3 is 0 Å². The number of aryl methyl sites for hydroxylation is 3. The van der Waals surface area contributed by atoms with E-state index in [-0.39, 0.29) is 0 Å². The lowest BCUT2D eigenvalue weighted by atomic mass is 10.1. The van der Waals surface area contributed by atoms with Crippen molar-refractivity contribution >= 4 is 17.6 Å². The van der Waals surface area contributed by atoms with Gasteiger partial charge < -0.3 is 4.74 Å². The molecule has 4 heteroatoms. The average Bonchev–Trinajstić information content (AvgIpc) is 2.73. The minimum absolute atomic E-state index is 0.521. The average molecular weight is 261 g/mol. The molecule has 0 saturated carbocycles. The Morgan fingerprint density at radius 1 is 1.28 bits per heavy atom. The van der Waals surface area contributed by atoms with E-state index in [1.54, 1.807) is 11.3 Å². The molecule has 3 nitrogen and oxygen atoms in total. The lowest BCUT2D eigenvalue weighted by Gasteiger charge is -2.11. The fourth-order valence-electron chi connectivity index (χ4n) is 1.89. The summed E-state index contributed by atoms with van der Waals surface area (Å²) in [6, 6.07) is 3.68. The molecule has 0 N–H and O–H groups in total. The molecule has 0 fully saturated rings. The van der Waals surface area contributed by atoms with Crippen molar-refractivity contribution in [1.82, 2.24) is 4.98 Å². The van der Waals surface area contributed by atoms with Gasteiger partial charge in [-0.1, -0.05) is 0 Å². The Labute approximate surface area is 110 Å². The fraction of sp³-hybridized carbons (Fsp3) is 0.286. The molecule has 2 aromatic rings. The highest BCUT2D eigenvalue weighted by Crippen LogP contribution is 2.26. The number of hydrogen-bond acceptors (Lipinski definition) is 4. The first-order valence-electron chi connectivity index (χ1n) is 5.70. The number of aldehydes is 1. The Hall–Kier alpha value is -1.68. The highest BCUT2D eigenvalue weighted by molar-refractivity contribution is 7.11. The molecule has 0 atom stereocenters. The maximum Gasteiger partial charge on any atom is 0.150 e. The fourth-order valence-corrected chi connectivity index (χ4v) is 2.60. The number of benzene rings is 1. The molecular weight excluding hydrogens is 246 g/mol. The van der Waals surface area contributed by atoms with Crippen LogP contribution >= 0.6 is 11.3 Å². The molecule has 94 valence electrons. The maximum atomic E-state index is 10.8. The van der Waals surface area contributed by atoms with Crippen LogP contribution in [0.2, 0.25) is 0 Å². The number of ether oxygens (including phenoxy) is 1. The van der Waals surface area contributed by atoms with Gasteiger partial charge in [-0.2, -0.15) is 0 Å². The topological polar surface area (TPSA) is 39.2 Å². The second kappa shape index (κ2) is 5.31. The van der Waals surface area contributed by atoms with Crippen molar-refractivity contribution in [3.05, 3.63) is 44.9 Å². The van der Waals surface area contributed by atoms with Crippen molar-refractivity contribution in [2.45, 2.75) is 27.4 Å². The molecule has 0 radical (unpaired) electrons. The SMILES string of the molecule is Cc1ncc(COc2c(C)cc(C=O)cc2C)s1. The summed E-state index contributed by atoms with van der Waals surface area (Å²) in [5, 5.41) is 1.04. The molecule has 2 rings (SSSR count). The molecular formula is C14H15NO2S. The lowest BCUT2D eigenvalue weighted by Crippen LogP contribution is -1.98. The Kier molecular flexibility index (Phi) is 3.77. The van der Waals surface area contributed by atoms with E-state index in [1.165, 1.54) is 0 Å². The van der Waals surface area contributed by atoms with Crippen molar-refractivity contribution in [2.24, 2.45) is 0 Å². The van der Waals surface area contributed by atoms with Crippen molar-refractivity contribution in [3.63, 3.8) is 0 Å². The van der Waals surface area contributed by atoms with Gasteiger partial charge in [0.25, 0.3) is 0 Å². The first kappa shape index (κ1) is 12.8. The van der Waals surface area contributed by atoms with Crippen molar-refractivity contribution in [2.75, 3.05) is 0 Å². The number of carbonyl (C=O) groups excluding carboxylic acids is 1. The van der Waals surface area contributed by atoms with Gasteiger partial charge in [-0.3, -0.25) is 4.79 Å². The second-order valence-corrected chi connectivity index (χ2v) is 5.56. The highest BCUT2D eigenvalue weighted by atomic mass is 32.1. The van der Waals surface area contributed by atoms with Crippen LogP contribution in [0, 0.1) is 20.8 Å². The molecule has 0 spiro atoms. The van der Waals surface area contributed by atoms with E-state index in [0.29, 0.717) is 12.2 Å². The number of hydrogen-bond donors (Lipinski definition) is 0. The molecule has 18 heavy (non-hydrogen) atoms. The molecule has 0 aliphatic rings. The van der Waals surface area contributed by atoms with Gasteiger partial charge in [0.2, 0.25) is 0 Å². The Balaban J connectivity index is 2.16. The molecule has 0 bridgehead atoms. The number of nitrogens with zero attached hydrogens (tertiary/aromatic N) is 1. The number of thiazole rings is 1. The monoisotopic (exact) mass is 261 g/mol. The van der Waals surface area contributed by atoms with Crippen molar-refractivity contribution in [3.8, 4) is 5.75 Å². The molecule has 0 saturated heterocycles. The van der Waals surface area contributed by atoms with Crippen molar-refractivity contribution in [1.29, 1.82) is 0 Å². The van der Waals surface area contributed by atoms with Crippen LogP contribution in [0.3, 0.4) is 0 Å². The number of carbonyl (C=O) groups is 1. The predicted octanol–water partition coefficient (Wildman–Crippen LogP) is 3.46. The van der Waals surface area contributed by atoms with E-state index in [0.717, 1.165) is 33.0 Å². The standard InChI is InChI=1S/C14H15NO2S/c1-9-4-12(7-16)5-10(2)14(9)17-8-13-6-15-11(3)18-13/h4-7H,8H2,1-3H3. The van der Waals surface area contributed by atoms with Gasteiger partial charge in [-0.25, -0.2) is 4.98 Å². The van der Waals surface area contributed by atoms with E-state index in [9.17, 15) is 4.79 Å². The first-order chi connectivity index (χ1) is 8.60. The largest absolute Gasteiger partial charge is 0.487 e. The van der Waals surface area contributed by atoms with Crippen LogP contribution in [0.25, 0.3) is 0 Å². The molecule has 1 aromatic carbocycles. The van der Waals surface area contributed by atoms with Crippen LogP contribution in [0.1, 0.15) is 31.4 Å². The zero-order chi connectivity index (χ0) is 13.1. The summed E-state index contributed by atoms with van der Waals surface area (Å²) in [5.74, 6) is 0.853. The summed E-state index contributed by atoms with van der Waals surface area (Å²) < 4.78 is 5.82. The molecule has 1 heterocycles. The van der Waals surface area contributed by atoms with Crippen LogP contribution in [-0.4, -0.2) is 11.3 Å². The van der Waals surface area contributed by atoms with Crippen LogP contribution in [-0.2, 0) is 6.61 Å². The third kappa shape index (κ3) is 2.76. The zero-order valence-electron chi connectivity index (χ0n) is 10.7. The Morgan fingerprint density at radius 2 is 1.94 bits per heavy atom. The smallest absolute Gasteiger partial charge is 0.150 e. The Morgan fingerprint density at radius 3 is 2.44 bits per heavy atom. The second-order valence-electron chi connectivity index (χ2n) is 4.24. The van der Waals surface area contributed by atoms with Crippen LogP contribution in [0.4, 0.5) is 0 Å². The zero-order valence-corrected chi connectivity index (χ0v) is 11.5. The van der Waals surface area contributed by atoms with Gasteiger partial charge in [-0.05, 0) is 44.0 Å². The molecule has 1 aromatic heterocycles. The summed E-state index contributed by atoms with van der Waals surface area (Å²) in [5.41, 5.74) is 2.66. The van der Waals surface area contributed by atoms with Crippen LogP contribution < -0.4 is 4.74 Å². The van der Waals surface area contributed by atoms with Gasteiger partial charge in [0.1, 0.15) is 18.6 Å². The summed E-state index contributed by atoms with van der Waals surface area (Å²) in [6.07, 6.45) is 2.70. The summed E-state index contributed by atoms with van der Waals surface area (Å²) >= 11 is 1.63. The van der Waals surface area contributed by atoms with Gasteiger partial charge in [0.05, 0.1) is 9.88 Å². The minimum Gasteiger partial charge on any atom is -0.487 e. The quantitative estimate of drug-likeness (QED) is 0.791. The van der Waals surface area contributed by atoms with Gasteiger partial charge in [-0.15, -0.1) is 11.3 Å². The molecule has 0 aliphatic carbocycles.